The second-order valence-electron chi connectivity index (χ2n) is 11.0. The zero-order valence-corrected chi connectivity index (χ0v) is 24.7. The number of aromatic amines is 2. The molecule has 0 amide bonds. The third-order valence-electron chi connectivity index (χ3n) is 7.85. The minimum atomic E-state index is -5.23. The molecule has 0 unspecified atom stereocenters. The first-order valence-corrected chi connectivity index (χ1v) is 14.1. The fourth-order valence-corrected chi connectivity index (χ4v) is 5.62. The number of benzene rings is 4. The molecule has 6 N–H and O–H groups in total. The monoisotopic (exact) mass is 716 g/mol. The maximum Gasteiger partial charge on any atom is 0.416 e. The third-order valence-corrected chi connectivity index (χ3v) is 7.85. The lowest BCUT2D eigenvalue weighted by molar-refractivity contribution is -0.144. The first-order chi connectivity index (χ1) is 23.2. The lowest BCUT2D eigenvalue weighted by Crippen LogP contribution is -2.27. The summed E-state index contributed by atoms with van der Waals surface area (Å²) in [5, 5.41) is 6.10. The van der Waals surface area contributed by atoms with Crippen LogP contribution in [-0.2, 0) is 24.7 Å². The summed E-state index contributed by atoms with van der Waals surface area (Å²) in [6, 6.07) is 13.0. The third kappa shape index (κ3) is 6.10. The van der Waals surface area contributed by atoms with E-state index in [2.05, 4.69) is 10.3 Å². The highest BCUT2D eigenvalue weighted by atomic mass is 19.4. The van der Waals surface area contributed by atoms with Crippen LogP contribution in [0.3, 0.4) is 0 Å². The van der Waals surface area contributed by atoms with E-state index in [1.807, 2.05) is 0 Å². The lowest BCUT2D eigenvalue weighted by atomic mass is 10.0. The highest BCUT2D eigenvalue weighted by Crippen LogP contribution is 2.43. The van der Waals surface area contributed by atoms with E-state index in [1.165, 1.54) is 48.5 Å². The summed E-state index contributed by atoms with van der Waals surface area (Å²) < 4.78 is 167. The predicted octanol–water partition coefficient (Wildman–Crippen LogP) is 9.96. The molecule has 0 bridgehead atoms. The minimum absolute atomic E-state index is 0.0110. The molecular weight excluding hydrogens is 696 g/mol. The average Bonchev–Trinajstić information content (AvgIpc) is 3.47. The van der Waals surface area contributed by atoms with Crippen LogP contribution in [0.5, 0.6) is 0 Å². The van der Waals surface area contributed by atoms with Crippen LogP contribution >= 0.6 is 0 Å². The van der Waals surface area contributed by atoms with Crippen LogP contribution in [-0.4, -0.2) is 15.0 Å². The molecule has 4 aromatic carbocycles. The van der Waals surface area contributed by atoms with Gasteiger partial charge < -0.3 is 5.73 Å². The van der Waals surface area contributed by atoms with E-state index in [4.69, 9.17) is 11.6 Å². The number of hydrazine groups is 1. The Labute approximate surface area is 271 Å². The largest absolute Gasteiger partial charge is 0.416 e. The van der Waals surface area contributed by atoms with Gasteiger partial charge in [-0.3, -0.25) is 10.1 Å². The molecule has 18 heteroatoms. The van der Waals surface area contributed by atoms with Crippen LogP contribution in [0.1, 0.15) is 22.3 Å². The summed E-state index contributed by atoms with van der Waals surface area (Å²) in [7, 11) is 0. The van der Waals surface area contributed by atoms with Crippen molar-refractivity contribution in [1.82, 2.24) is 15.0 Å². The van der Waals surface area contributed by atoms with Gasteiger partial charge in [0.05, 0.1) is 55.7 Å². The number of nitrogens with one attached hydrogen (secondary N) is 2. The Bertz CT molecular complexity index is 2310. The molecule has 0 saturated heterocycles. The summed E-state index contributed by atoms with van der Waals surface area (Å²) in [6.07, 6.45) is -20.9. The SMILES string of the molecule is Nc1c(N(N)c2cc(C(F)(F)F)cc(C(F)(F)F)c2)c2ccccc2c2n(-c3cc(C(F)(F)F)cc(C(F)(F)F)c3)[nH][nH]c=2c2ccccc12. The van der Waals surface area contributed by atoms with Gasteiger partial charge in [-0.1, -0.05) is 48.5 Å². The van der Waals surface area contributed by atoms with Crippen LogP contribution in [0, 0.1) is 10.7 Å². The van der Waals surface area contributed by atoms with E-state index in [-0.39, 0.29) is 55.8 Å². The van der Waals surface area contributed by atoms with Gasteiger partial charge in [0.2, 0.25) is 0 Å². The summed E-state index contributed by atoms with van der Waals surface area (Å²) in [4.78, 5) is 0. The molecule has 0 saturated carbocycles. The van der Waals surface area contributed by atoms with Crippen LogP contribution in [0.2, 0.25) is 0 Å². The lowest BCUT2D eigenvalue weighted by Gasteiger charge is -2.25. The fraction of sp³-hybridized carbons (Fsp3) is 0.125. The maximum absolute atomic E-state index is 13.8. The molecule has 0 atom stereocenters. The second kappa shape index (κ2) is 11.5. The Balaban J connectivity index is 1.79. The molecule has 0 aromatic heterocycles. The smallest absolute Gasteiger partial charge is 0.396 e. The Morgan fingerprint density at radius 2 is 0.960 bits per heavy atom. The number of hydrogen-bond donors (Lipinski definition) is 4. The normalized spacial score (nSPS) is 13.0. The second-order valence-corrected chi connectivity index (χ2v) is 11.0. The van der Waals surface area contributed by atoms with Gasteiger partial charge in [-0.15, -0.1) is 0 Å². The molecule has 1 aliphatic heterocycles. The van der Waals surface area contributed by atoms with Gasteiger partial charge in [-0.05, 0) is 36.4 Å². The van der Waals surface area contributed by atoms with Crippen molar-refractivity contribution in [3.05, 3.63) is 118 Å². The number of anilines is 3. The van der Waals surface area contributed by atoms with Crippen molar-refractivity contribution in [2.24, 2.45) is 5.84 Å². The van der Waals surface area contributed by atoms with E-state index in [0.29, 0.717) is 29.3 Å². The summed E-state index contributed by atoms with van der Waals surface area (Å²) in [5.41, 5.74) is -2.00. The quantitative estimate of drug-likeness (QED) is 0.0835. The van der Waals surface area contributed by atoms with Crippen molar-refractivity contribution < 1.29 is 52.7 Å². The Morgan fingerprint density at radius 1 is 0.540 bits per heavy atom. The zero-order chi connectivity index (χ0) is 36.6. The van der Waals surface area contributed by atoms with E-state index in [0.717, 1.165) is 4.68 Å². The summed E-state index contributed by atoms with van der Waals surface area (Å²) >= 11 is 0. The van der Waals surface area contributed by atoms with Crippen molar-refractivity contribution in [3.8, 4) is 5.69 Å². The highest BCUT2D eigenvalue weighted by molar-refractivity contribution is 6.08. The number of aromatic nitrogens is 3. The van der Waals surface area contributed by atoms with E-state index >= 15 is 0 Å². The van der Waals surface area contributed by atoms with E-state index in [1.54, 1.807) is 0 Å². The molecule has 6 rings (SSSR count). The standard InChI is InChI=1S/C32H20F12N6/c33-29(34,35)15-9-16(30(36,37)38)12-19(11-15)49(46)27-23-7-3-4-8-24(23)28-26(22-6-2-1-5-21(22)25(27)45)47-48-50(28)20-13-17(31(39,40)41)10-18(14-20)32(42,43)44/h1-14,47-48H,45-46H2. The molecule has 6 nitrogen and oxygen atoms in total. The van der Waals surface area contributed by atoms with Gasteiger partial charge >= 0.3 is 24.7 Å². The molecule has 1 aliphatic carbocycles. The topological polar surface area (TPSA) is 91.8 Å². The van der Waals surface area contributed by atoms with Crippen molar-refractivity contribution in [2.45, 2.75) is 24.7 Å². The number of nitrogens with zero attached hydrogens (tertiary/aromatic N) is 2. The minimum Gasteiger partial charge on any atom is -0.396 e. The van der Waals surface area contributed by atoms with Crippen molar-refractivity contribution in [2.75, 3.05) is 10.7 Å². The van der Waals surface area contributed by atoms with E-state index in [9.17, 15) is 52.7 Å². The Hall–Kier alpha value is -5.52. The number of hydrogen-bond acceptors (Lipinski definition) is 3. The summed E-state index contributed by atoms with van der Waals surface area (Å²) in [6.45, 7) is 0. The zero-order valence-electron chi connectivity index (χ0n) is 24.7. The molecule has 0 spiro atoms. The Kier molecular flexibility index (Phi) is 7.92. The number of rotatable bonds is 3. The molecule has 262 valence electrons. The number of halogens is 12. The number of fused-ring (bicyclic) bond motifs is 4. The summed E-state index contributed by atoms with van der Waals surface area (Å²) in [5.74, 6) is 6.35. The van der Waals surface area contributed by atoms with Gasteiger partial charge in [0.15, 0.2) is 0 Å². The molecule has 0 radical (unpaired) electrons. The molecule has 1 heterocycles. The number of H-pyrrole nitrogens is 2. The average molecular weight is 717 g/mol. The molecular formula is C32H20F12N6. The fourth-order valence-electron chi connectivity index (χ4n) is 5.62. The van der Waals surface area contributed by atoms with Crippen LogP contribution in [0.4, 0.5) is 69.7 Å². The number of nitrogen functional groups attached to an aromatic ring is 1. The van der Waals surface area contributed by atoms with Crippen molar-refractivity contribution >= 4 is 38.6 Å². The van der Waals surface area contributed by atoms with Crippen molar-refractivity contribution in [3.63, 3.8) is 0 Å². The van der Waals surface area contributed by atoms with Crippen LogP contribution < -0.4 is 16.6 Å². The number of alkyl halides is 12. The highest BCUT2D eigenvalue weighted by Gasteiger charge is 2.39. The van der Waals surface area contributed by atoms with Gasteiger partial charge in [0.1, 0.15) is 0 Å². The molecule has 0 fully saturated rings. The van der Waals surface area contributed by atoms with E-state index < -0.39 is 58.3 Å². The molecule has 4 aromatic rings. The molecule has 50 heavy (non-hydrogen) atoms. The first-order valence-electron chi connectivity index (χ1n) is 14.1. The Morgan fingerprint density at radius 3 is 1.44 bits per heavy atom. The molecule has 2 aliphatic rings. The van der Waals surface area contributed by atoms with Crippen LogP contribution in [0.15, 0.2) is 84.9 Å². The van der Waals surface area contributed by atoms with Crippen LogP contribution in [0.25, 0.3) is 27.2 Å². The first kappa shape index (κ1) is 34.3. The predicted molar refractivity (Wildman–Crippen MR) is 160 cm³/mol. The van der Waals surface area contributed by atoms with Gasteiger partial charge in [0, 0.05) is 21.5 Å². The van der Waals surface area contributed by atoms with Gasteiger partial charge in [-0.2, -0.15) is 52.7 Å². The van der Waals surface area contributed by atoms with Gasteiger partial charge in [0.25, 0.3) is 0 Å². The maximum atomic E-state index is 13.8. The number of nitrogens with two attached hydrogens (primary N) is 2. The van der Waals surface area contributed by atoms with Gasteiger partial charge in [-0.25, -0.2) is 15.7 Å². The van der Waals surface area contributed by atoms with Crippen molar-refractivity contribution in [1.29, 1.82) is 0 Å².